The summed E-state index contributed by atoms with van der Waals surface area (Å²) in [5.74, 6) is 0. The number of hydrogen-bond donors (Lipinski definition) is 0. The van der Waals surface area contributed by atoms with Gasteiger partial charge in [0.05, 0.1) is 11.4 Å². The summed E-state index contributed by atoms with van der Waals surface area (Å²) in [6.07, 6.45) is 0. The predicted molar refractivity (Wildman–Crippen MR) is 209 cm³/mol. The van der Waals surface area contributed by atoms with E-state index < -0.39 is 0 Å². The molecule has 0 aliphatic carbocycles. The average molecular weight is 628 g/mol. The lowest BCUT2D eigenvalue weighted by atomic mass is 9.95. The van der Waals surface area contributed by atoms with Crippen LogP contribution in [0.4, 0.5) is 17.1 Å². The van der Waals surface area contributed by atoms with Crippen molar-refractivity contribution >= 4 is 91.7 Å². The van der Waals surface area contributed by atoms with E-state index in [-0.39, 0.29) is 0 Å². The molecule has 0 aliphatic rings. The van der Waals surface area contributed by atoms with Crippen LogP contribution in [0.2, 0.25) is 0 Å². The predicted octanol–water partition coefficient (Wildman–Crippen LogP) is 13.8. The summed E-state index contributed by atoms with van der Waals surface area (Å²) in [6, 6.07) is 64.6. The molecule has 10 rings (SSSR count). The molecule has 10 aromatic rings. The number of benzene rings is 9. The Morgan fingerprint density at radius 3 is 2.00 bits per heavy atom. The van der Waals surface area contributed by atoms with Crippen LogP contribution >= 0.6 is 11.3 Å². The first-order valence-electron chi connectivity index (χ1n) is 16.4. The van der Waals surface area contributed by atoms with Crippen LogP contribution in [0.25, 0.3) is 74.4 Å². The van der Waals surface area contributed by atoms with Gasteiger partial charge in [-0.25, -0.2) is 0 Å². The highest BCUT2D eigenvalue weighted by atomic mass is 32.1. The molecule has 1 heterocycles. The van der Waals surface area contributed by atoms with Gasteiger partial charge in [0, 0.05) is 36.8 Å². The molecule has 224 valence electrons. The van der Waals surface area contributed by atoms with Crippen LogP contribution in [0.1, 0.15) is 0 Å². The van der Waals surface area contributed by atoms with Crippen molar-refractivity contribution in [2.75, 3.05) is 4.90 Å². The number of para-hydroxylation sites is 1. The summed E-state index contributed by atoms with van der Waals surface area (Å²) in [5, 5.41) is 12.7. The standard InChI is InChI=1S/C46H29NS/c1-2-11-30(12-3-1)36-14-6-8-18-42(36)47(35-25-23-33-28-41-39-16-7-9-20-44(39)48-45(41)29-34(33)27-35)43-19-10-17-40-38(43)26-24-32-22-21-31-13-4-5-15-37(31)46(32)40/h1-29H. The average Bonchev–Trinajstić information content (AvgIpc) is 3.51. The third-order valence-corrected chi connectivity index (χ3v) is 10.9. The van der Waals surface area contributed by atoms with E-state index in [2.05, 4.69) is 181 Å². The second-order valence-electron chi connectivity index (χ2n) is 12.5. The van der Waals surface area contributed by atoms with E-state index >= 15 is 0 Å². The Labute approximate surface area is 282 Å². The molecule has 0 fully saturated rings. The lowest BCUT2D eigenvalue weighted by molar-refractivity contribution is 1.30. The maximum Gasteiger partial charge on any atom is 0.0540 e. The lowest BCUT2D eigenvalue weighted by Gasteiger charge is -2.29. The first-order chi connectivity index (χ1) is 23.8. The molecule has 48 heavy (non-hydrogen) atoms. The molecule has 1 nitrogen and oxygen atoms in total. The number of rotatable bonds is 4. The highest BCUT2D eigenvalue weighted by molar-refractivity contribution is 7.25. The van der Waals surface area contributed by atoms with Crippen LogP contribution in [0.5, 0.6) is 0 Å². The summed E-state index contributed by atoms with van der Waals surface area (Å²) in [4.78, 5) is 2.47. The highest BCUT2D eigenvalue weighted by Crippen LogP contribution is 2.46. The second kappa shape index (κ2) is 10.8. The van der Waals surface area contributed by atoms with Crippen LogP contribution in [0.15, 0.2) is 176 Å². The fraction of sp³-hybridized carbons (Fsp3) is 0. The molecule has 1 aromatic heterocycles. The number of thiophene rings is 1. The van der Waals surface area contributed by atoms with Gasteiger partial charge < -0.3 is 4.90 Å². The Hall–Kier alpha value is -5.96. The topological polar surface area (TPSA) is 3.24 Å². The zero-order valence-electron chi connectivity index (χ0n) is 26.1. The summed E-state index contributed by atoms with van der Waals surface area (Å²) in [5.41, 5.74) is 5.84. The first kappa shape index (κ1) is 27.2. The Morgan fingerprint density at radius 1 is 0.354 bits per heavy atom. The Kier molecular flexibility index (Phi) is 6.12. The maximum atomic E-state index is 2.47. The zero-order chi connectivity index (χ0) is 31.6. The minimum Gasteiger partial charge on any atom is -0.309 e. The second-order valence-corrected chi connectivity index (χ2v) is 13.6. The lowest BCUT2D eigenvalue weighted by Crippen LogP contribution is -2.11. The number of fused-ring (bicyclic) bond motifs is 9. The van der Waals surface area contributed by atoms with Gasteiger partial charge in [-0.3, -0.25) is 0 Å². The van der Waals surface area contributed by atoms with Crippen LogP contribution in [-0.2, 0) is 0 Å². The van der Waals surface area contributed by atoms with Gasteiger partial charge in [-0.2, -0.15) is 0 Å². The molecule has 2 heteroatoms. The van der Waals surface area contributed by atoms with E-state index in [4.69, 9.17) is 0 Å². The van der Waals surface area contributed by atoms with E-state index in [0.29, 0.717) is 0 Å². The molecular weight excluding hydrogens is 599 g/mol. The van der Waals surface area contributed by atoms with Crippen molar-refractivity contribution in [3.63, 3.8) is 0 Å². The van der Waals surface area contributed by atoms with Gasteiger partial charge in [0.15, 0.2) is 0 Å². The monoisotopic (exact) mass is 627 g/mol. The zero-order valence-corrected chi connectivity index (χ0v) is 26.9. The summed E-state index contributed by atoms with van der Waals surface area (Å²) >= 11 is 1.87. The minimum atomic E-state index is 1.14. The van der Waals surface area contributed by atoms with Crippen molar-refractivity contribution in [2.24, 2.45) is 0 Å². The van der Waals surface area contributed by atoms with Crippen molar-refractivity contribution in [1.82, 2.24) is 0 Å². The highest BCUT2D eigenvalue weighted by Gasteiger charge is 2.20. The van der Waals surface area contributed by atoms with Crippen molar-refractivity contribution in [1.29, 1.82) is 0 Å². The fourth-order valence-electron chi connectivity index (χ4n) is 7.58. The summed E-state index contributed by atoms with van der Waals surface area (Å²) in [7, 11) is 0. The molecule has 0 spiro atoms. The molecule has 0 unspecified atom stereocenters. The summed E-state index contributed by atoms with van der Waals surface area (Å²) < 4.78 is 2.65. The van der Waals surface area contributed by atoms with Gasteiger partial charge in [-0.05, 0) is 85.7 Å². The SMILES string of the molecule is c1ccc(-c2ccccc2N(c2ccc3cc4c(cc3c2)sc2ccccc24)c2cccc3c2ccc2ccc4ccccc4c23)cc1. The molecule has 9 aromatic carbocycles. The van der Waals surface area contributed by atoms with Crippen LogP contribution < -0.4 is 4.90 Å². The normalized spacial score (nSPS) is 11.8. The molecule has 0 amide bonds. The molecule has 0 saturated heterocycles. The van der Waals surface area contributed by atoms with Crippen molar-refractivity contribution in [2.45, 2.75) is 0 Å². The van der Waals surface area contributed by atoms with Gasteiger partial charge in [0.2, 0.25) is 0 Å². The van der Waals surface area contributed by atoms with Crippen LogP contribution in [-0.4, -0.2) is 0 Å². The van der Waals surface area contributed by atoms with E-state index in [9.17, 15) is 0 Å². The quantitative estimate of drug-likeness (QED) is 0.176. The largest absolute Gasteiger partial charge is 0.309 e. The first-order valence-corrected chi connectivity index (χ1v) is 17.2. The Balaban J connectivity index is 1.27. The van der Waals surface area contributed by atoms with Crippen molar-refractivity contribution < 1.29 is 0 Å². The van der Waals surface area contributed by atoms with Gasteiger partial charge in [-0.1, -0.05) is 133 Å². The summed E-state index contributed by atoms with van der Waals surface area (Å²) in [6.45, 7) is 0. The van der Waals surface area contributed by atoms with Gasteiger partial charge in [-0.15, -0.1) is 11.3 Å². The third kappa shape index (κ3) is 4.24. The number of hydrogen-bond acceptors (Lipinski definition) is 2. The third-order valence-electron chi connectivity index (χ3n) is 9.79. The fourth-order valence-corrected chi connectivity index (χ4v) is 8.71. The van der Waals surface area contributed by atoms with E-state index in [1.165, 1.54) is 74.4 Å². The number of nitrogens with zero attached hydrogens (tertiary/aromatic N) is 1. The van der Waals surface area contributed by atoms with E-state index in [1.807, 2.05) is 11.3 Å². The van der Waals surface area contributed by atoms with E-state index in [0.717, 1.165) is 17.1 Å². The molecule has 0 aliphatic heterocycles. The maximum absolute atomic E-state index is 2.47. The van der Waals surface area contributed by atoms with E-state index in [1.54, 1.807) is 0 Å². The van der Waals surface area contributed by atoms with Crippen molar-refractivity contribution in [3.05, 3.63) is 176 Å². The Morgan fingerprint density at radius 2 is 1.06 bits per heavy atom. The van der Waals surface area contributed by atoms with Crippen LogP contribution in [0, 0.1) is 0 Å². The minimum absolute atomic E-state index is 1.14. The number of anilines is 3. The van der Waals surface area contributed by atoms with Gasteiger partial charge in [0.25, 0.3) is 0 Å². The van der Waals surface area contributed by atoms with Gasteiger partial charge >= 0.3 is 0 Å². The smallest absolute Gasteiger partial charge is 0.0540 e. The van der Waals surface area contributed by atoms with Gasteiger partial charge in [0.1, 0.15) is 0 Å². The molecule has 0 atom stereocenters. The van der Waals surface area contributed by atoms with Crippen LogP contribution in [0.3, 0.4) is 0 Å². The molecule has 0 N–H and O–H groups in total. The molecule has 0 radical (unpaired) electrons. The molecule has 0 bridgehead atoms. The molecular formula is C46H29NS. The molecule has 0 saturated carbocycles. The van der Waals surface area contributed by atoms with Crippen molar-refractivity contribution in [3.8, 4) is 11.1 Å². The Bertz CT molecular complexity index is 2850.